The second-order valence-corrected chi connectivity index (χ2v) is 6.12. The number of carbonyl (C=O) groups excluding carboxylic acids is 1. The number of amides is 1. The van der Waals surface area contributed by atoms with E-state index in [-0.39, 0.29) is 17.6 Å². The van der Waals surface area contributed by atoms with Crippen molar-refractivity contribution in [2.75, 3.05) is 5.32 Å². The van der Waals surface area contributed by atoms with Crippen molar-refractivity contribution < 1.29 is 19.4 Å². The lowest BCUT2D eigenvalue weighted by Gasteiger charge is -2.26. The Kier molecular flexibility index (Phi) is 6.16. The van der Waals surface area contributed by atoms with E-state index in [0.29, 0.717) is 17.7 Å². The van der Waals surface area contributed by atoms with Gasteiger partial charge in [-0.2, -0.15) is 0 Å². The minimum atomic E-state index is -0.965. The number of carboxylic acids is 1. The van der Waals surface area contributed by atoms with Gasteiger partial charge in [0, 0.05) is 5.69 Å². The zero-order chi connectivity index (χ0) is 16.8. The van der Waals surface area contributed by atoms with Crippen LogP contribution in [0.4, 0.5) is 5.69 Å². The van der Waals surface area contributed by atoms with E-state index in [0.717, 1.165) is 12.8 Å². The van der Waals surface area contributed by atoms with Crippen LogP contribution in [0.15, 0.2) is 18.2 Å². The summed E-state index contributed by atoms with van der Waals surface area (Å²) in [4.78, 5) is 23.4. The molecule has 0 spiro atoms. The fraction of sp³-hybridized carbons (Fsp3) is 0.556. The Morgan fingerprint density at radius 3 is 2.57 bits per heavy atom. The predicted octanol–water partition coefficient (Wildman–Crippen LogP) is 3.76. The molecule has 1 aromatic rings. The zero-order valence-electron chi connectivity index (χ0n) is 13.8. The molecular weight excluding hydrogens is 294 g/mol. The van der Waals surface area contributed by atoms with Gasteiger partial charge >= 0.3 is 5.97 Å². The Hall–Kier alpha value is -1.88. The molecule has 0 aromatic heterocycles. The molecule has 1 aliphatic rings. The first-order chi connectivity index (χ1) is 11.0. The third-order valence-corrected chi connectivity index (χ3v) is 4.30. The molecule has 5 nitrogen and oxygen atoms in total. The van der Waals surface area contributed by atoms with E-state index in [1.54, 1.807) is 19.1 Å². The van der Waals surface area contributed by atoms with Crippen molar-refractivity contribution >= 4 is 17.6 Å². The lowest BCUT2D eigenvalue weighted by atomic mass is 9.97. The van der Waals surface area contributed by atoms with Crippen molar-refractivity contribution in [3.8, 4) is 0 Å². The maximum Gasteiger partial charge on any atom is 0.335 e. The van der Waals surface area contributed by atoms with Gasteiger partial charge in [-0.25, -0.2) is 4.79 Å². The normalized spacial score (nSPS) is 16.8. The van der Waals surface area contributed by atoms with Crippen LogP contribution < -0.4 is 5.32 Å². The number of hydrogen-bond acceptors (Lipinski definition) is 3. The molecule has 1 unspecified atom stereocenters. The Bertz CT molecular complexity index is 564. The summed E-state index contributed by atoms with van der Waals surface area (Å²) in [7, 11) is 0. The van der Waals surface area contributed by atoms with E-state index in [1.807, 2.05) is 6.92 Å². The number of ether oxygens (including phenoxy) is 1. The number of carboxylic acid groups (broad SMARTS) is 1. The average molecular weight is 319 g/mol. The number of aryl methyl sites for hydroxylation is 1. The van der Waals surface area contributed by atoms with Crippen LogP contribution in [0.5, 0.6) is 0 Å². The summed E-state index contributed by atoms with van der Waals surface area (Å²) in [6.07, 6.45) is 5.96. The lowest BCUT2D eigenvalue weighted by Crippen LogP contribution is -2.34. The van der Waals surface area contributed by atoms with Gasteiger partial charge in [-0.05, 0) is 49.9 Å². The highest BCUT2D eigenvalue weighted by Crippen LogP contribution is 2.23. The molecule has 2 rings (SSSR count). The van der Waals surface area contributed by atoms with Crippen molar-refractivity contribution in [2.45, 2.75) is 64.6 Å². The highest BCUT2D eigenvalue weighted by atomic mass is 16.5. The number of anilines is 1. The molecule has 5 heteroatoms. The monoisotopic (exact) mass is 319 g/mol. The summed E-state index contributed by atoms with van der Waals surface area (Å²) in [6.45, 7) is 3.65. The van der Waals surface area contributed by atoms with Crippen molar-refractivity contribution in [1.82, 2.24) is 0 Å². The van der Waals surface area contributed by atoms with Gasteiger partial charge in [0.25, 0.3) is 5.91 Å². The van der Waals surface area contributed by atoms with E-state index < -0.39 is 12.1 Å². The summed E-state index contributed by atoms with van der Waals surface area (Å²) in [5.74, 6) is -1.13. The third-order valence-electron chi connectivity index (χ3n) is 4.30. The predicted molar refractivity (Wildman–Crippen MR) is 88.8 cm³/mol. The van der Waals surface area contributed by atoms with Crippen molar-refractivity contribution in [3.05, 3.63) is 29.3 Å². The number of carbonyl (C=O) groups is 2. The van der Waals surface area contributed by atoms with E-state index in [4.69, 9.17) is 9.84 Å². The fourth-order valence-electron chi connectivity index (χ4n) is 2.98. The van der Waals surface area contributed by atoms with Crippen LogP contribution in [-0.4, -0.2) is 29.2 Å². The van der Waals surface area contributed by atoms with Crippen molar-refractivity contribution in [3.63, 3.8) is 0 Å². The first kappa shape index (κ1) is 17.5. The SMILES string of the molecule is CCC(OC1CCCCC1)C(=O)Nc1ccc(C(=O)O)c(C)c1. The van der Waals surface area contributed by atoms with Gasteiger partial charge in [0.05, 0.1) is 11.7 Å². The van der Waals surface area contributed by atoms with Gasteiger partial charge in [-0.1, -0.05) is 26.2 Å². The second kappa shape index (κ2) is 8.11. The molecule has 1 amide bonds. The van der Waals surface area contributed by atoms with Gasteiger partial charge in [0.2, 0.25) is 0 Å². The van der Waals surface area contributed by atoms with Crippen LogP contribution in [0.3, 0.4) is 0 Å². The summed E-state index contributed by atoms with van der Waals surface area (Å²) in [6, 6.07) is 4.80. The largest absolute Gasteiger partial charge is 0.478 e. The maximum absolute atomic E-state index is 12.4. The molecule has 23 heavy (non-hydrogen) atoms. The molecule has 0 aliphatic heterocycles. The number of hydrogen-bond donors (Lipinski definition) is 2. The van der Waals surface area contributed by atoms with Gasteiger partial charge < -0.3 is 15.2 Å². The van der Waals surface area contributed by atoms with Crippen LogP contribution in [0.25, 0.3) is 0 Å². The van der Waals surface area contributed by atoms with Crippen LogP contribution in [0, 0.1) is 6.92 Å². The van der Waals surface area contributed by atoms with Gasteiger partial charge in [-0.15, -0.1) is 0 Å². The second-order valence-electron chi connectivity index (χ2n) is 6.12. The number of benzene rings is 1. The van der Waals surface area contributed by atoms with Crippen LogP contribution >= 0.6 is 0 Å². The number of rotatable bonds is 6. The van der Waals surface area contributed by atoms with Crippen molar-refractivity contribution in [1.29, 1.82) is 0 Å². The zero-order valence-corrected chi connectivity index (χ0v) is 13.8. The van der Waals surface area contributed by atoms with Gasteiger partial charge in [0.15, 0.2) is 0 Å². The summed E-state index contributed by atoms with van der Waals surface area (Å²) in [5.41, 5.74) is 1.47. The molecule has 126 valence electrons. The third kappa shape index (κ3) is 4.79. The average Bonchev–Trinajstić information content (AvgIpc) is 2.53. The Labute approximate surface area is 137 Å². The van der Waals surface area contributed by atoms with Crippen LogP contribution in [0.1, 0.15) is 61.4 Å². The highest BCUT2D eigenvalue weighted by Gasteiger charge is 2.23. The van der Waals surface area contributed by atoms with E-state index in [2.05, 4.69) is 5.32 Å². The topological polar surface area (TPSA) is 75.6 Å². The van der Waals surface area contributed by atoms with Crippen LogP contribution in [-0.2, 0) is 9.53 Å². The Morgan fingerprint density at radius 2 is 2.00 bits per heavy atom. The quantitative estimate of drug-likeness (QED) is 0.837. The first-order valence-electron chi connectivity index (χ1n) is 8.31. The standard InChI is InChI=1S/C18H25NO4/c1-3-16(23-14-7-5-4-6-8-14)17(20)19-13-9-10-15(18(21)22)12(2)11-13/h9-11,14,16H,3-8H2,1-2H3,(H,19,20)(H,21,22). The molecule has 0 radical (unpaired) electrons. The maximum atomic E-state index is 12.4. The molecule has 0 bridgehead atoms. The van der Waals surface area contributed by atoms with Crippen LogP contribution in [0.2, 0.25) is 0 Å². The van der Waals surface area contributed by atoms with E-state index in [9.17, 15) is 9.59 Å². The smallest absolute Gasteiger partial charge is 0.335 e. The Balaban J connectivity index is 1.98. The lowest BCUT2D eigenvalue weighted by molar-refractivity contribution is -0.132. The molecule has 1 aliphatic carbocycles. The molecule has 1 atom stereocenters. The molecular formula is C18H25NO4. The minimum Gasteiger partial charge on any atom is -0.478 e. The fourth-order valence-corrected chi connectivity index (χ4v) is 2.98. The number of nitrogens with one attached hydrogen (secondary N) is 1. The van der Waals surface area contributed by atoms with Gasteiger partial charge in [0.1, 0.15) is 6.10 Å². The molecule has 1 aromatic carbocycles. The minimum absolute atomic E-state index is 0.166. The van der Waals surface area contributed by atoms with E-state index >= 15 is 0 Å². The van der Waals surface area contributed by atoms with Crippen molar-refractivity contribution in [2.24, 2.45) is 0 Å². The highest BCUT2D eigenvalue weighted by molar-refractivity contribution is 5.95. The molecule has 2 N–H and O–H groups in total. The first-order valence-corrected chi connectivity index (χ1v) is 8.31. The summed E-state index contributed by atoms with van der Waals surface area (Å²) < 4.78 is 5.96. The summed E-state index contributed by atoms with van der Waals surface area (Å²) >= 11 is 0. The van der Waals surface area contributed by atoms with E-state index in [1.165, 1.54) is 25.3 Å². The molecule has 1 fully saturated rings. The molecule has 1 saturated carbocycles. The number of aromatic carboxylic acids is 1. The Morgan fingerprint density at radius 1 is 1.30 bits per heavy atom. The summed E-state index contributed by atoms with van der Waals surface area (Å²) in [5, 5.41) is 11.9. The van der Waals surface area contributed by atoms with Gasteiger partial charge in [-0.3, -0.25) is 4.79 Å². The molecule has 0 heterocycles. The molecule has 0 saturated heterocycles.